The van der Waals surface area contributed by atoms with Gasteiger partial charge in [0.15, 0.2) is 0 Å². The summed E-state index contributed by atoms with van der Waals surface area (Å²) >= 11 is 0. The lowest BCUT2D eigenvalue weighted by atomic mass is 9.76. The molecule has 152 valence electrons. The summed E-state index contributed by atoms with van der Waals surface area (Å²) in [5.41, 5.74) is -0.578. The Bertz CT molecular complexity index is 735. The van der Waals surface area contributed by atoms with E-state index in [1.807, 2.05) is 6.07 Å². The van der Waals surface area contributed by atoms with Crippen molar-refractivity contribution in [3.05, 3.63) is 35.4 Å². The number of rotatable bonds is 4. The molecule has 0 radical (unpaired) electrons. The lowest BCUT2D eigenvalue weighted by Crippen LogP contribution is -2.49. The van der Waals surface area contributed by atoms with Crippen LogP contribution in [0.3, 0.4) is 0 Å². The zero-order chi connectivity index (χ0) is 20.4. The third kappa shape index (κ3) is 4.30. The van der Waals surface area contributed by atoms with Crippen LogP contribution in [0.2, 0.25) is 0 Å². The van der Waals surface area contributed by atoms with Gasteiger partial charge < -0.3 is 4.90 Å². The molecule has 2 atom stereocenters. The number of amides is 1. The predicted octanol–water partition coefficient (Wildman–Crippen LogP) is 3.92. The summed E-state index contributed by atoms with van der Waals surface area (Å²) < 4.78 is 52.2. The molecule has 1 aromatic rings. The van der Waals surface area contributed by atoms with E-state index in [9.17, 15) is 22.4 Å². The van der Waals surface area contributed by atoms with Gasteiger partial charge in [-0.15, -0.1) is 0 Å². The molecule has 8 heteroatoms. The fraction of sp³-hybridized carbons (Fsp3) is 0.600. The highest BCUT2D eigenvalue weighted by Gasteiger charge is 2.38. The number of halogens is 4. The lowest BCUT2D eigenvalue weighted by molar-refractivity contribution is -0.137. The average Bonchev–Trinajstić information content (AvgIpc) is 3.07. The van der Waals surface area contributed by atoms with Gasteiger partial charge >= 0.3 is 6.18 Å². The fourth-order valence-corrected chi connectivity index (χ4v) is 4.23. The van der Waals surface area contributed by atoms with E-state index in [4.69, 9.17) is 5.26 Å². The number of benzene rings is 1. The number of likely N-dealkylation sites (tertiary alicyclic amines) is 1. The molecule has 0 bridgehead atoms. The Morgan fingerprint density at radius 3 is 2.43 bits per heavy atom. The first kappa shape index (κ1) is 20.6. The van der Waals surface area contributed by atoms with E-state index in [2.05, 4.69) is 5.32 Å². The number of carbonyl (C=O) groups is 1. The van der Waals surface area contributed by atoms with Crippen LogP contribution in [0.25, 0.3) is 0 Å². The van der Waals surface area contributed by atoms with Crippen molar-refractivity contribution in [3.8, 4) is 6.07 Å². The van der Waals surface area contributed by atoms with E-state index in [0.717, 1.165) is 37.0 Å². The number of hydrogen-bond acceptors (Lipinski definition) is 3. The summed E-state index contributed by atoms with van der Waals surface area (Å²) in [6.45, 7) is -0.169. The molecule has 0 aromatic heterocycles. The van der Waals surface area contributed by atoms with Crippen LogP contribution < -0.4 is 5.32 Å². The summed E-state index contributed by atoms with van der Waals surface area (Å²) in [4.78, 5) is 13.8. The molecule has 1 amide bonds. The third-order valence-corrected chi connectivity index (χ3v) is 5.77. The lowest BCUT2D eigenvalue weighted by Gasteiger charge is -2.39. The van der Waals surface area contributed by atoms with Gasteiger partial charge in [0.25, 0.3) is 0 Å². The molecule has 28 heavy (non-hydrogen) atoms. The SMILES string of the molecule is N#C[C@@H]1C[C@H](F)CN1C(=O)CNC1(c2ccc(C(F)(F)F)cc2)CCCCC1. The number of nitrogens with zero attached hydrogens (tertiary/aromatic N) is 2. The van der Waals surface area contributed by atoms with Crippen molar-refractivity contribution in [2.75, 3.05) is 13.1 Å². The van der Waals surface area contributed by atoms with Crippen molar-refractivity contribution in [1.82, 2.24) is 10.2 Å². The summed E-state index contributed by atoms with van der Waals surface area (Å²) in [5, 5.41) is 12.4. The summed E-state index contributed by atoms with van der Waals surface area (Å²) in [6.07, 6.45) is -1.33. The summed E-state index contributed by atoms with van der Waals surface area (Å²) in [6, 6.07) is 6.26. The van der Waals surface area contributed by atoms with E-state index < -0.39 is 29.5 Å². The Morgan fingerprint density at radius 1 is 1.21 bits per heavy atom. The van der Waals surface area contributed by atoms with Gasteiger partial charge in [-0.1, -0.05) is 31.4 Å². The Morgan fingerprint density at radius 2 is 1.86 bits per heavy atom. The highest BCUT2D eigenvalue weighted by atomic mass is 19.4. The summed E-state index contributed by atoms with van der Waals surface area (Å²) in [7, 11) is 0. The van der Waals surface area contributed by atoms with Crippen LogP contribution in [0.15, 0.2) is 24.3 Å². The van der Waals surface area contributed by atoms with Crippen molar-refractivity contribution in [3.63, 3.8) is 0 Å². The smallest absolute Gasteiger partial charge is 0.323 e. The van der Waals surface area contributed by atoms with Gasteiger partial charge in [-0.3, -0.25) is 10.1 Å². The molecule has 1 saturated heterocycles. The molecular formula is C20H23F4N3O. The average molecular weight is 397 g/mol. The normalized spacial score (nSPS) is 24.8. The maximum absolute atomic E-state index is 13.6. The zero-order valence-corrected chi connectivity index (χ0v) is 15.4. The van der Waals surface area contributed by atoms with Gasteiger partial charge in [-0.05, 0) is 30.5 Å². The van der Waals surface area contributed by atoms with Crippen LogP contribution in [0.5, 0.6) is 0 Å². The number of carbonyl (C=O) groups excluding carboxylic acids is 1. The Labute approximate surface area is 161 Å². The quantitative estimate of drug-likeness (QED) is 0.784. The van der Waals surface area contributed by atoms with Crippen LogP contribution >= 0.6 is 0 Å². The maximum Gasteiger partial charge on any atom is 0.416 e. The first-order valence-corrected chi connectivity index (χ1v) is 9.51. The topological polar surface area (TPSA) is 56.1 Å². The van der Waals surface area contributed by atoms with Gasteiger partial charge in [0.1, 0.15) is 12.2 Å². The second-order valence-corrected chi connectivity index (χ2v) is 7.60. The van der Waals surface area contributed by atoms with E-state index in [-0.39, 0.29) is 25.4 Å². The monoisotopic (exact) mass is 397 g/mol. The van der Waals surface area contributed by atoms with Gasteiger partial charge in [0.05, 0.1) is 24.7 Å². The summed E-state index contributed by atoms with van der Waals surface area (Å²) in [5.74, 6) is -0.358. The fourth-order valence-electron chi connectivity index (χ4n) is 4.23. The number of nitrogens with one attached hydrogen (secondary N) is 1. The van der Waals surface area contributed by atoms with Crippen LogP contribution in [-0.2, 0) is 16.5 Å². The van der Waals surface area contributed by atoms with Gasteiger partial charge in [-0.2, -0.15) is 18.4 Å². The van der Waals surface area contributed by atoms with Gasteiger partial charge in [0.2, 0.25) is 5.91 Å². The van der Waals surface area contributed by atoms with Crippen LogP contribution in [0.1, 0.15) is 49.7 Å². The standard InChI is InChI=1S/C20H23F4N3O/c21-16-10-17(11-25)27(13-16)18(28)12-26-19(8-2-1-3-9-19)14-4-6-15(7-5-14)20(22,23)24/h4-7,16-17,26H,1-3,8-10,12-13H2/t16-,17-/m0/s1. The first-order chi connectivity index (χ1) is 13.2. The Balaban J connectivity index is 1.75. The van der Waals surface area contributed by atoms with Crippen molar-refractivity contribution in [1.29, 1.82) is 5.26 Å². The van der Waals surface area contributed by atoms with Crippen molar-refractivity contribution in [2.24, 2.45) is 0 Å². The molecule has 1 N–H and O–H groups in total. The molecule has 1 saturated carbocycles. The van der Waals surface area contributed by atoms with Crippen molar-refractivity contribution in [2.45, 2.75) is 62.5 Å². The molecule has 4 nitrogen and oxygen atoms in total. The van der Waals surface area contributed by atoms with Crippen molar-refractivity contribution >= 4 is 5.91 Å². The molecule has 0 spiro atoms. The molecule has 1 aromatic carbocycles. The zero-order valence-electron chi connectivity index (χ0n) is 15.4. The molecule has 3 rings (SSSR count). The largest absolute Gasteiger partial charge is 0.416 e. The highest BCUT2D eigenvalue weighted by Crippen LogP contribution is 2.38. The minimum Gasteiger partial charge on any atom is -0.323 e. The molecular weight excluding hydrogens is 374 g/mol. The minimum absolute atomic E-state index is 0.0201. The minimum atomic E-state index is -4.40. The molecule has 1 aliphatic carbocycles. The van der Waals surface area contributed by atoms with Crippen LogP contribution in [0, 0.1) is 11.3 Å². The maximum atomic E-state index is 13.6. The predicted molar refractivity (Wildman–Crippen MR) is 94.8 cm³/mol. The molecule has 1 heterocycles. The second kappa shape index (κ2) is 8.08. The van der Waals surface area contributed by atoms with Gasteiger partial charge in [-0.25, -0.2) is 4.39 Å². The van der Waals surface area contributed by atoms with Crippen molar-refractivity contribution < 1.29 is 22.4 Å². The Kier molecular flexibility index (Phi) is 5.94. The van der Waals surface area contributed by atoms with E-state index in [1.165, 1.54) is 17.0 Å². The molecule has 2 aliphatic rings. The van der Waals surface area contributed by atoms with Crippen LogP contribution in [0.4, 0.5) is 17.6 Å². The molecule has 1 aliphatic heterocycles. The van der Waals surface area contributed by atoms with E-state index >= 15 is 0 Å². The second-order valence-electron chi connectivity index (χ2n) is 7.60. The van der Waals surface area contributed by atoms with Gasteiger partial charge in [0, 0.05) is 12.0 Å². The number of hydrogen-bond donors (Lipinski definition) is 1. The first-order valence-electron chi connectivity index (χ1n) is 9.51. The molecule has 2 fully saturated rings. The highest BCUT2D eigenvalue weighted by molar-refractivity contribution is 5.79. The number of nitriles is 1. The van der Waals surface area contributed by atoms with Crippen LogP contribution in [-0.4, -0.2) is 36.1 Å². The number of alkyl halides is 4. The van der Waals surface area contributed by atoms with E-state index in [0.29, 0.717) is 12.8 Å². The Hall–Kier alpha value is -2.14. The molecule has 0 unspecified atom stereocenters. The third-order valence-electron chi connectivity index (χ3n) is 5.77. The van der Waals surface area contributed by atoms with E-state index in [1.54, 1.807) is 0 Å².